The second-order valence-electron chi connectivity index (χ2n) is 1.92. The Morgan fingerprint density at radius 1 is 1.73 bits per heavy atom. The first-order valence-electron chi connectivity index (χ1n) is 2.93. The lowest BCUT2D eigenvalue weighted by atomic mass is 10.2. The van der Waals surface area contributed by atoms with Gasteiger partial charge in [-0.25, -0.2) is 4.39 Å². The number of aliphatic hydroxyl groups excluding tert-OH is 1. The molecule has 3 nitrogen and oxygen atoms in total. The van der Waals surface area contributed by atoms with Crippen molar-refractivity contribution in [1.82, 2.24) is 4.98 Å². The van der Waals surface area contributed by atoms with E-state index in [1.54, 1.807) is 6.07 Å². The maximum atomic E-state index is 12.7. The Morgan fingerprint density at radius 2 is 2.45 bits per heavy atom. The SMILES string of the molecule is N#Cc1cnc(CO)c(F)c1. The Balaban J connectivity index is 3.12. The minimum absolute atomic E-state index is 0.0380. The van der Waals surface area contributed by atoms with Gasteiger partial charge in [0.15, 0.2) is 0 Å². The van der Waals surface area contributed by atoms with E-state index in [-0.39, 0.29) is 11.3 Å². The molecule has 4 heteroatoms. The van der Waals surface area contributed by atoms with Crippen molar-refractivity contribution in [3.8, 4) is 6.07 Å². The molecule has 0 spiro atoms. The van der Waals surface area contributed by atoms with E-state index in [0.29, 0.717) is 0 Å². The lowest BCUT2D eigenvalue weighted by molar-refractivity contribution is 0.270. The number of aliphatic hydroxyl groups is 1. The highest BCUT2D eigenvalue weighted by Crippen LogP contribution is 2.05. The average Bonchev–Trinajstić information content (AvgIpc) is 2.04. The molecule has 0 atom stereocenters. The van der Waals surface area contributed by atoms with Gasteiger partial charge >= 0.3 is 0 Å². The van der Waals surface area contributed by atoms with Gasteiger partial charge < -0.3 is 5.11 Å². The number of hydrogen-bond donors (Lipinski definition) is 1. The van der Waals surface area contributed by atoms with Crippen molar-refractivity contribution in [3.63, 3.8) is 0 Å². The highest BCUT2D eigenvalue weighted by Gasteiger charge is 2.02. The number of halogens is 1. The van der Waals surface area contributed by atoms with Gasteiger partial charge in [0.1, 0.15) is 17.6 Å². The molecule has 0 saturated heterocycles. The summed E-state index contributed by atoms with van der Waals surface area (Å²) in [5, 5.41) is 16.8. The molecule has 1 aromatic rings. The fraction of sp³-hybridized carbons (Fsp3) is 0.143. The largest absolute Gasteiger partial charge is 0.390 e. The zero-order valence-corrected chi connectivity index (χ0v) is 5.58. The molecule has 1 rings (SSSR count). The molecule has 0 unspecified atom stereocenters. The van der Waals surface area contributed by atoms with Gasteiger partial charge in [0.05, 0.1) is 12.2 Å². The molecule has 0 aliphatic carbocycles. The van der Waals surface area contributed by atoms with Crippen LogP contribution in [0.4, 0.5) is 4.39 Å². The summed E-state index contributed by atoms with van der Waals surface area (Å²) in [6.45, 7) is -0.447. The quantitative estimate of drug-likeness (QED) is 0.640. The van der Waals surface area contributed by atoms with Crippen molar-refractivity contribution >= 4 is 0 Å². The van der Waals surface area contributed by atoms with Gasteiger partial charge in [0.2, 0.25) is 0 Å². The summed E-state index contributed by atoms with van der Waals surface area (Å²) in [6, 6.07) is 2.78. The van der Waals surface area contributed by atoms with Gasteiger partial charge in [-0.15, -0.1) is 0 Å². The molecule has 0 amide bonds. The third-order valence-corrected chi connectivity index (χ3v) is 1.20. The van der Waals surface area contributed by atoms with Gasteiger partial charge in [0, 0.05) is 6.20 Å². The number of rotatable bonds is 1. The molecule has 1 aromatic heterocycles. The van der Waals surface area contributed by atoms with Crippen LogP contribution in [-0.2, 0) is 6.61 Å². The van der Waals surface area contributed by atoms with Crippen molar-refractivity contribution in [2.75, 3.05) is 0 Å². The van der Waals surface area contributed by atoms with Crippen LogP contribution in [0.15, 0.2) is 12.3 Å². The van der Waals surface area contributed by atoms with Gasteiger partial charge in [0.25, 0.3) is 0 Å². The van der Waals surface area contributed by atoms with Gasteiger partial charge in [-0.3, -0.25) is 4.98 Å². The van der Waals surface area contributed by atoms with Crippen LogP contribution in [-0.4, -0.2) is 10.1 Å². The molecule has 0 saturated carbocycles. The zero-order valence-electron chi connectivity index (χ0n) is 5.58. The van der Waals surface area contributed by atoms with Crippen LogP contribution in [0.3, 0.4) is 0 Å². The van der Waals surface area contributed by atoms with E-state index < -0.39 is 12.4 Å². The van der Waals surface area contributed by atoms with Crippen LogP contribution < -0.4 is 0 Å². The summed E-state index contributed by atoms with van der Waals surface area (Å²) in [5.41, 5.74) is 0.115. The molecule has 11 heavy (non-hydrogen) atoms. The minimum Gasteiger partial charge on any atom is -0.390 e. The fourth-order valence-corrected chi connectivity index (χ4v) is 0.644. The summed E-state index contributed by atoms with van der Waals surface area (Å²) in [7, 11) is 0. The first kappa shape index (κ1) is 7.63. The van der Waals surface area contributed by atoms with E-state index in [9.17, 15) is 4.39 Å². The summed E-state index contributed by atoms with van der Waals surface area (Å²) >= 11 is 0. The van der Waals surface area contributed by atoms with Crippen LogP contribution in [0.25, 0.3) is 0 Å². The Bertz CT molecular complexity index is 306. The average molecular weight is 152 g/mol. The second kappa shape index (κ2) is 3.08. The highest BCUT2D eigenvalue weighted by molar-refractivity contribution is 5.27. The third kappa shape index (κ3) is 1.51. The predicted octanol–water partition coefficient (Wildman–Crippen LogP) is 0.585. The first-order valence-corrected chi connectivity index (χ1v) is 2.93. The molecular weight excluding hydrogens is 147 g/mol. The van der Waals surface area contributed by atoms with Crippen molar-refractivity contribution in [1.29, 1.82) is 5.26 Å². The van der Waals surface area contributed by atoms with Crippen LogP contribution in [0, 0.1) is 17.1 Å². The summed E-state index contributed by atoms with van der Waals surface area (Å²) in [4.78, 5) is 3.52. The molecular formula is C7H5FN2O. The van der Waals surface area contributed by atoms with Crippen LogP contribution in [0.1, 0.15) is 11.3 Å². The van der Waals surface area contributed by atoms with E-state index in [0.717, 1.165) is 6.07 Å². The third-order valence-electron chi connectivity index (χ3n) is 1.20. The highest BCUT2D eigenvalue weighted by atomic mass is 19.1. The molecule has 0 aliphatic rings. The van der Waals surface area contributed by atoms with Crippen LogP contribution >= 0.6 is 0 Å². The standard InChI is InChI=1S/C7H5FN2O/c8-6-1-5(2-9)3-10-7(6)4-11/h1,3,11H,4H2. The topological polar surface area (TPSA) is 56.9 Å². The van der Waals surface area contributed by atoms with Crippen molar-refractivity contribution < 1.29 is 9.50 Å². The Kier molecular flexibility index (Phi) is 2.14. The molecule has 0 bridgehead atoms. The molecule has 1 N–H and O–H groups in total. The van der Waals surface area contributed by atoms with Crippen molar-refractivity contribution in [2.24, 2.45) is 0 Å². The number of pyridine rings is 1. The Hall–Kier alpha value is -1.47. The van der Waals surface area contributed by atoms with E-state index in [1.165, 1.54) is 6.20 Å². The van der Waals surface area contributed by atoms with Gasteiger partial charge in [-0.2, -0.15) is 5.26 Å². The van der Waals surface area contributed by atoms with Gasteiger partial charge in [-0.05, 0) is 6.07 Å². The van der Waals surface area contributed by atoms with Crippen molar-refractivity contribution in [2.45, 2.75) is 6.61 Å². The maximum absolute atomic E-state index is 12.7. The molecule has 0 radical (unpaired) electrons. The second-order valence-corrected chi connectivity index (χ2v) is 1.92. The first-order chi connectivity index (χ1) is 5.27. The maximum Gasteiger partial charge on any atom is 0.148 e. The Labute approximate surface area is 62.7 Å². The number of nitrogens with zero attached hydrogens (tertiary/aromatic N) is 2. The van der Waals surface area contributed by atoms with E-state index >= 15 is 0 Å². The summed E-state index contributed by atoms with van der Waals surface area (Å²) < 4.78 is 12.7. The van der Waals surface area contributed by atoms with Crippen molar-refractivity contribution in [3.05, 3.63) is 29.3 Å². The molecule has 56 valence electrons. The molecule has 1 heterocycles. The predicted molar refractivity (Wildman–Crippen MR) is 34.8 cm³/mol. The number of aromatic nitrogens is 1. The number of hydrogen-bond acceptors (Lipinski definition) is 3. The minimum atomic E-state index is -0.647. The molecule has 0 aliphatic heterocycles. The zero-order chi connectivity index (χ0) is 8.27. The lowest BCUT2D eigenvalue weighted by Crippen LogP contribution is -1.94. The van der Waals surface area contributed by atoms with Crippen LogP contribution in [0.5, 0.6) is 0 Å². The monoisotopic (exact) mass is 152 g/mol. The van der Waals surface area contributed by atoms with Gasteiger partial charge in [-0.1, -0.05) is 0 Å². The smallest absolute Gasteiger partial charge is 0.148 e. The van der Waals surface area contributed by atoms with E-state index in [4.69, 9.17) is 10.4 Å². The number of nitriles is 1. The molecule has 0 aromatic carbocycles. The normalized spacial score (nSPS) is 9.18. The van der Waals surface area contributed by atoms with E-state index in [1.807, 2.05) is 0 Å². The van der Waals surface area contributed by atoms with Crippen LogP contribution in [0.2, 0.25) is 0 Å². The van der Waals surface area contributed by atoms with E-state index in [2.05, 4.69) is 4.98 Å². The molecule has 0 fully saturated rings. The summed E-state index contributed by atoms with van der Waals surface area (Å²) in [5.74, 6) is -0.647. The Morgan fingerprint density at radius 3 is 2.91 bits per heavy atom. The fourth-order valence-electron chi connectivity index (χ4n) is 0.644. The lowest BCUT2D eigenvalue weighted by Gasteiger charge is -1.95. The summed E-state index contributed by atoms with van der Waals surface area (Å²) in [6.07, 6.45) is 1.22.